The van der Waals surface area contributed by atoms with Crippen LogP contribution in [0.5, 0.6) is 0 Å². The molecule has 7 nitrogen and oxygen atoms in total. The Kier molecular flexibility index (Phi) is 11.7. The van der Waals surface area contributed by atoms with Crippen LogP contribution < -0.4 is 62.8 Å². The smallest absolute Gasteiger partial charge is 0.365 e. The summed E-state index contributed by atoms with van der Waals surface area (Å²) in [6.07, 6.45) is 5.81. The summed E-state index contributed by atoms with van der Waals surface area (Å²) in [7, 11) is 0. The van der Waals surface area contributed by atoms with Crippen LogP contribution in [0.3, 0.4) is 0 Å². The Morgan fingerprint density at radius 3 is 2.58 bits per heavy atom. The number of pyridine rings is 3. The van der Waals surface area contributed by atoms with E-state index >= 15 is 0 Å². The average Bonchev–Trinajstić information content (AvgIpc) is 3.28. The van der Waals surface area contributed by atoms with Crippen molar-refractivity contribution in [1.82, 2.24) is 10.3 Å². The number of rotatable bonds is 8. The summed E-state index contributed by atoms with van der Waals surface area (Å²) in [5, 5.41) is 6.01. The molecule has 36 heavy (non-hydrogen) atoms. The molecule has 4 heterocycles. The minimum absolute atomic E-state index is 0. The van der Waals surface area contributed by atoms with Crippen molar-refractivity contribution in [2.75, 3.05) is 11.9 Å². The molecule has 0 bridgehead atoms. The van der Waals surface area contributed by atoms with Crippen molar-refractivity contribution in [2.24, 2.45) is 0 Å². The van der Waals surface area contributed by atoms with Gasteiger partial charge in [-0.25, -0.2) is 19.9 Å². The lowest BCUT2D eigenvalue weighted by Gasteiger charge is -2.11. The van der Waals surface area contributed by atoms with Crippen LogP contribution in [0.4, 0.5) is 19.0 Å². The second kappa shape index (κ2) is 13.5. The van der Waals surface area contributed by atoms with Crippen LogP contribution in [-0.4, -0.2) is 17.4 Å². The Morgan fingerprint density at radius 2 is 1.86 bits per heavy atom. The van der Waals surface area contributed by atoms with E-state index in [1.807, 2.05) is 12.1 Å². The molecule has 0 radical (unpaired) electrons. The molecule has 0 aliphatic heterocycles. The number of hydrogen-bond acceptors (Lipinski definition) is 2. The number of anilines is 1. The number of aromatic amines is 4. The number of carbonyl (C=O) groups excluding carboxylic acids is 1. The number of nitrogens with one attached hydrogen (secondary N) is 6. The number of hydrogen-bond donors (Lipinski definition) is 3. The number of carbonyl (C=O) groups is 1. The largest absolute Gasteiger partial charge is 1.00 e. The summed E-state index contributed by atoms with van der Waals surface area (Å²) in [6, 6.07) is 8.08. The van der Waals surface area contributed by atoms with Gasteiger partial charge in [-0.05, 0) is 18.2 Å². The van der Waals surface area contributed by atoms with E-state index in [2.05, 4.69) is 30.6 Å². The van der Waals surface area contributed by atoms with E-state index in [0.717, 1.165) is 16.6 Å². The van der Waals surface area contributed by atoms with Gasteiger partial charge in [0, 0.05) is 29.8 Å². The molecule has 0 saturated carbocycles. The molecule has 194 valence electrons. The monoisotopic (exact) mass is 582 g/mol. The summed E-state index contributed by atoms with van der Waals surface area (Å²) in [4.78, 5) is 23.5. The zero-order valence-electron chi connectivity index (χ0n) is 18.4. The third-order valence-corrected chi connectivity index (χ3v) is 5.39. The summed E-state index contributed by atoms with van der Waals surface area (Å²) in [6.45, 7) is -0.647. The number of halogens is 7. The van der Waals surface area contributed by atoms with Gasteiger partial charge in [0.2, 0.25) is 11.7 Å². The lowest BCUT2D eigenvalue weighted by Crippen LogP contribution is -3.00. The first-order valence-corrected chi connectivity index (χ1v) is 10.4. The fraction of sp³-hybridized carbons (Fsp3) is 0.182. The summed E-state index contributed by atoms with van der Waals surface area (Å²) in [5.41, 5.74) is 1.26. The SMILES string of the molecule is O=C(Cc1c(Cl)c[nH+]c(NCC(F)(F)c2cccc[nH+]2)c1F)NCc1c[nH+]c2[nH]ccc2c1.[Cl-].[Cl-].[Cl-]. The highest BCUT2D eigenvalue weighted by molar-refractivity contribution is 6.31. The molecule has 0 unspecified atom stereocenters. The molecule has 4 rings (SSSR count). The maximum absolute atomic E-state index is 15.0. The molecule has 0 atom stereocenters. The van der Waals surface area contributed by atoms with E-state index in [-0.39, 0.29) is 72.3 Å². The predicted octanol–water partition coefficient (Wildman–Crippen LogP) is -6.52. The third-order valence-electron chi connectivity index (χ3n) is 5.06. The van der Waals surface area contributed by atoms with Gasteiger partial charge < -0.3 is 42.5 Å². The highest BCUT2D eigenvalue weighted by atomic mass is 35.5. The van der Waals surface area contributed by atoms with E-state index < -0.39 is 24.2 Å². The molecule has 6 N–H and O–H groups in total. The molecular weight excluding hydrogens is 563 g/mol. The van der Waals surface area contributed by atoms with E-state index in [1.54, 1.807) is 18.5 Å². The molecule has 0 aliphatic rings. The first kappa shape index (κ1) is 31.2. The van der Waals surface area contributed by atoms with Crippen LogP contribution in [0.25, 0.3) is 11.0 Å². The van der Waals surface area contributed by atoms with Crippen LogP contribution in [-0.2, 0) is 23.7 Å². The Labute approximate surface area is 227 Å². The van der Waals surface area contributed by atoms with Crippen molar-refractivity contribution < 1.29 is 70.1 Å². The molecule has 0 saturated heterocycles. The van der Waals surface area contributed by atoms with Crippen LogP contribution in [0.15, 0.2) is 55.1 Å². The van der Waals surface area contributed by atoms with Crippen LogP contribution in [0.2, 0.25) is 5.02 Å². The average molecular weight is 584 g/mol. The lowest BCUT2D eigenvalue weighted by atomic mass is 10.1. The van der Waals surface area contributed by atoms with Gasteiger partial charge in [0.15, 0.2) is 12.7 Å². The zero-order valence-corrected chi connectivity index (χ0v) is 21.4. The normalized spacial score (nSPS) is 10.6. The quantitative estimate of drug-likeness (QED) is 0.192. The maximum Gasteiger partial charge on any atom is 0.365 e. The van der Waals surface area contributed by atoms with E-state index in [1.165, 1.54) is 24.5 Å². The highest BCUT2D eigenvalue weighted by Crippen LogP contribution is 2.26. The molecule has 0 spiro atoms. The van der Waals surface area contributed by atoms with Crippen LogP contribution in [0, 0.1) is 5.82 Å². The maximum atomic E-state index is 15.0. The fourth-order valence-electron chi connectivity index (χ4n) is 3.31. The second-order valence-electron chi connectivity index (χ2n) is 7.41. The Balaban J connectivity index is 0.00000216. The number of aromatic nitrogens is 4. The molecule has 4 aromatic heterocycles. The van der Waals surface area contributed by atoms with Gasteiger partial charge >= 0.3 is 11.7 Å². The minimum atomic E-state index is -3.28. The summed E-state index contributed by atoms with van der Waals surface area (Å²) in [5.74, 6) is -4.93. The third kappa shape index (κ3) is 7.36. The predicted molar refractivity (Wildman–Crippen MR) is 114 cm³/mol. The van der Waals surface area contributed by atoms with Crippen molar-refractivity contribution in [3.05, 3.63) is 82.8 Å². The van der Waals surface area contributed by atoms with Gasteiger partial charge in [-0.3, -0.25) is 10.1 Å². The topological polar surface area (TPSA) is 99.3 Å². The number of fused-ring (bicyclic) bond motifs is 1. The molecular formula is C22H21Cl4F3N6O. The van der Waals surface area contributed by atoms with Gasteiger partial charge in [-0.15, -0.1) is 0 Å². The summed E-state index contributed by atoms with van der Waals surface area (Å²) >= 11 is 6.06. The van der Waals surface area contributed by atoms with Crippen molar-refractivity contribution in [3.8, 4) is 0 Å². The zero-order chi connectivity index (χ0) is 23.4. The first-order chi connectivity index (χ1) is 15.8. The highest BCUT2D eigenvalue weighted by Gasteiger charge is 2.40. The molecule has 0 fully saturated rings. The van der Waals surface area contributed by atoms with E-state index in [0.29, 0.717) is 0 Å². The number of alkyl halides is 2. The van der Waals surface area contributed by atoms with E-state index in [9.17, 15) is 18.0 Å². The number of amides is 1. The fourth-order valence-corrected chi connectivity index (χ4v) is 3.51. The van der Waals surface area contributed by atoms with Gasteiger partial charge in [0.05, 0.1) is 29.2 Å². The first-order valence-electron chi connectivity index (χ1n) is 10.1. The van der Waals surface area contributed by atoms with Crippen LogP contribution >= 0.6 is 11.6 Å². The van der Waals surface area contributed by atoms with Crippen molar-refractivity contribution in [1.29, 1.82) is 0 Å². The van der Waals surface area contributed by atoms with Crippen molar-refractivity contribution in [2.45, 2.75) is 18.9 Å². The van der Waals surface area contributed by atoms with Gasteiger partial charge in [-0.1, -0.05) is 11.6 Å². The Morgan fingerprint density at radius 1 is 1.08 bits per heavy atom. The summed E-state index contributed by atoms with van der Waals surface area (Å²) < 4.78 is 43.7. The molecule has 1 amide bonds. The van der Waals surface area contributed by atoms with Crippen LogP contribution in [0.1, 0.15) is 16.8 Å². The van der Waals surface area contributed by atoms with Gasteiger partial charge in [0.1, 0.15) is 6.20 Å². The Hall–Kier alpha value is -2.79. The van der Waals surface area contributed by atoms with Gasteiger partial charge in [0.25, 0.3) is 11.3 Å². The van der Waals surface area contributed by atoms with E-state index in [4.69, 9.17) is 11.6 Å². The second-order valence-corrected chi connectivity index (χ2v) is 7.82. The standard InChI is InChI=1S/C22H18ClF3N6O.3ClH/c23-16-11-31-21(32-12-22(25,26)17-3-1-2-5-27-17)19(24)15(16)8-18(33)29-9-13-7-14-4-6-28-20(14)30-10-13;;;/h1-7,10-11H,8-9,12H2,(H,28,30)(H,29,33)(H,31,32);3*1H. The van der Waals surface area contributed by atoms with Crippen molar-refractivity contribution in [3.63, 3.8) is 0 Å². The number of H-pyrrole nitrogens is 4. The lowest BCUT2D eigenvalue weighted by molar-refractivity contribution is -0.412. The van der Waals surface area contributed by atoms with Crippen molar-refractivity contribution >= 4 is 34.4 Å². The Bertz CT molecular complexity index is 1290. The van der Waals surface area contributed by atoms with Gasteiger partial charge in [-0.2, -0.15) is 13.2 Å². The molecule has 14 heteroatoms. The molecule has 0 aromatic carbocycles. The molecule has 0 aliphatic carbocycles. The molecule has 4 aromatic rings. The minimum Gasteiger partial charge on any atom is -1.00 e.